The van der Waals surface area contributed by atoms with Gasteiger partial charge in [-0.1, -0.05) is 60.7 Å². The predicted octanol–water partition coefficient (Wildman–Crippen LogP) is 6.59. The number of esters is 1. The van der Waals surface area contributed by atoms with E-state index in [-0.39, 0.29) is 0 Å². The highest BCUT2D eigenvalue weighted by atomic mass is 16.5. The summed E-state index contributed by atoms with van der Waals surface area (Å²) >= 11 is 0. The van der Waals surface area contributed by atoms with Crippen molar-refractivity contribution in [1.82, 2.24) is 4.98 Å². The van der Waals surface area contributed by atoms with E-state index in [4.69, 9.17) is 19.2 Å². The van der Waals surface area contributed by atoms with Gasteiger partial charge in [0.1, 0.15) is 18.1 Å². The van der Waals surface area contributed by atoms with Gasteiger partial charge in [0.25, 0.3) is 5.91 Å². The molecule has 0 atom stereocenters. The summed E-state index contributed by atoms with van der Waals surface area (Å²) in [5.74, 6) is 0.168. The Morgan fingerprint density at radius 3 is 2.30 bits per heavy atom. The molecule has 7 heteroatoms. The first kappa shape index (κ1) is 26.4. The van der Waals surface area contributed by atoms with Crippen molar-refractivity contribution in [2.45, 2.75) is 13.5 Å². The fraction of sp³-hybridized carbons (Fsp3) is 0.121. The van der Waals surface area contributed by atoms with Crippen LogP contribution in [-0.4, -0.2) is 30.6 Å². The predicted molar refractivity (Wildman–Crippen MR) is 155 cm³/mol. The maximum absolute atomic E-state index is 13.3. The van der Waals surface area contributed by atoms with Gasteiger partial charge in [-0.25, -0.2) is 9.78 Å². The molecule has 0 spiro atoms. The van der Waals surface area contributed by atoms with Gasteiger partial charge in [-0.3, -0.25) is 4.79 Å². The molecule has 0 unspecified atom stereocenters. The molecule has 7 nitrogen and oxygen atoms in total. The summed E-state index contributed by atoms with van der Waals surface area (Å²) < 4.78 is 16.6. The summed E-state index contributed by atoms with van der Waals surface area (Å²) in [6, 6.07) is 32.0. The summed E-state index contributed by atoms with van der Waals surface area (Å²) in [6.07, 6.45) is 0. The lowest BCUT2D eigenvalue weighted by atomic mass is 9.97. The maximum Gasteiger partial charge on any atom is 0.339 e. The Morgan fingerprint density at radius 1 is 0.825 bits per heavy atom. The van der Waals surface area contributed by atoms with E-state index in [1.807, 2.05) is 85.8 Å². The van der Waals surface area contributed by atoms with Crippen LogP contribution in [0.2, 0.25) is 0 Å². The number of hydrogen-bond acceptors (Lipinski definition) is 6. The SMILES string of the molecule is COc1ccccc1NC(=O)COC(=O)c1c(C)c(-c2ccc(OCc3ccccc3)cc2)nc2ccccc12. The van der Waals surface area contributed by atoms with Crippen LogP contribution >= 0.6 is 0 Å². The molecule has 5 rings (SSSR count). The molecule has 4 aromatic carbocycles. The fourth-order valence-electron chi connectivity index (χ4n) is 4.44. The van der Waals surface area contributed by atoms with Gasteiger partial charge in [0, 0.05) is 10.9 Å². The third kappa shape index (κ3) is 5.94. The minimum atomic E-state index is -0.602. The van der Waals surface area contributed by atoms with Crippen LogP contribution in [0, 0.1) is 6.92 Å². The van der Waals surface area contributed by atoms with Crippen LogP contribution in [-0.2, 0) is 16.1 Å². The van der Waals surface area contributed by atoms with Crippen LogP contribution in [0.4, 0.5) is 5.69 Å². The van der Waals surface area contributed by atoms with Crippen molar-refractivity contribution < 1.29 is 23.8 Å². The summed E-state index contributed by atoms with van der Waals surface area (Å²) in [6.45, 7) is 1.85. The van der Waals surface area contributed by atoms with Crippen molar-refractivity contribution in [3.05, 3.63) is 120 Å². The molecule has 1 heterocycles. The number of carbonyl (C=O) groups is 2. The Kier molecular flexibility index (Phi) is 8.02. The lowest BCUT2D eigenvalue weighted by molar-refractivity contribution is -0.119. The number of pyridine rings is 1. The number of carbonyl (C=O) groups excluding carboxylic acids is 2. The van der Waals surface area contributed by atoms with Crippen LogP contribution in [0.5, 0.6) is 11.5 Å². The Bertz CT molecular complexity index is 1650. The van der Waals surface area contributed by atoms with Crippen molar-refractivity contribution in [3.63, 3.8) is 0 Å². The minimum Gasteiger partial charge on any atom is -0.495 e. The molecule has 200 valence electrons. The number of fused-ring (bicyclic) bond motifs is 1. The zero-order valence-corrected chi connectivity index (χ0v) is 22.2. The maximum atomic E-state index is 13.3. The molecular formula is C33H28N2O5. The molecule has 0 aliphatic carbocycles. The second-order valence-electron chi connectivity index (χ2n) is 9.10. The standard InChI is InChI=1S/C33H28N2O5/c1-22-31(33(37)40-21-30(36)34-28-14-8-9-15-29(28)38-2)26-12-6-7-13-27(26)35-32(22)24-16-18-25(19-17-24)39-20-23-10-4-3-5-11-23/h3-19H,20-21H2,1-2H3,(H,34,36). The van der Waals surface area contributed by atoms with Crippen LogP contribution in [0.3, 0.4) is 0 Å². The number of methoxy groups -OCH3 is 1. The number of amides is 1. The van der Waals surface area contributed by atoms with Crippen molar-refractivity contribution in [2.75, 3.05) is 19.0 Å². The van der Waals surface area contributed by atoms with Crippen molar-refractivity contribution in [3.8, 4) is 22.8 Å². The van der Waals surface area contributed by atoms with E-state index in [2.05, 4.69) is 5.32 Å². The monoisotopic (exact) mass is 532 g/mol. The number of aromatic nitrogens is 1. The summed E-state index contributed by atoms with van der Waals surface area (Å²) in [5.41, 5.74) is 4.74. The minimum absolute atomic E-state index is 0.370. The van der Waals surface area contributed by atoms with Gasteiger partial charge in [0.15, 0.2) is 6.61 Å². The van der Waals surface area contributed by atoms with Crippen LogP contribution in [0.1, 0.15) is 21.5 Å². The third-order valence-electron chi connectivity index (χ3n) is 6.43. The summed E-state index contributed by atoms with van der Waals surface area (Å²) in [5, 5.41) is 3.37. The van der Waals surface area contributed by atoms with E-state index in [0.717, 1.165) is 16.9 Å². The van der Waals surface area contributed by atoms with Gasteiger partial charge < -0.3 is 19.5 Å². The van der Waals surface area contributed by atoms with Gasteiger partial charge >= 0.3 is 5.97 Å². The van der Waals surface area contributed by atoms with Crippen LogP contribution < -0.4 is 14.8 Å². The number of anilines is 1. The first-order valence-electron chi connectivity index (χ1n) is 12.8. The number of nitrogens with one attached hydrogen (secondary N) is 1. The third-order valence-corrected chi connectivity index (χ3v) is 6.43. The Morgan fingerprint density at radius 2 is 1.52 bits per heavy atom. The highest BCUT2D eigenvalue weighted by molar-refractivity contribution is 6.07. The molecule has 1 amide bonds. The normalized spacial score (nSPS) is 10.7. The average Bonchev–Trinajstić information content (AvgIpc) is 2.99. The van der Waals surface area contributed by atoms with Gasteiger partial charge in [-0.15, -0.1) is 0 Å². The Balaban J connectivity index is 1.36. The van der Waals surface area contributed by atoms with E-state index < -0.39 is 18.5 Å². The lowest BCUT2D eigenvalue weighted by Gasteiger charge is -2.15. The highest BCUT2D eigenvalue weighted by Crippen LogP contribution is 2.31. The summed E-state index contributed by atoms with van der Waals surface area (Å²) in [4.78, 5) is 30.7. The lowest BCUT2D eigenvalue weighted by Crippen LogP contribution is -2.22. The van der Waals surface area contributed by atoms with Crippen LogP contribution in [0.15, 0.2) is 103 Å². The number of para-hydroxylation sites is 3. The zero-order valence-electron chi connectivity index (χ0n) is 22.2. The second kappa shape index (κ2) is 12.1. The van der Waals surface area contributed by atoms with Crippen molar-refractivity contribution in [1.29, 1.82) is 0 Å². The first-order chi connectivity index (χ1) is 19.5. The Labute approximate surface area is 232 Å². The van der Waals surface area contributed by atoms with Gasteiger partial charge in [0.05, 0.1) is 29.6 Å². The Hall–Kier alpha value is -5.17. The molecule has 5 aromatic rings. The van der Waals surface area contributed by atoms with Gasteiger partial charge in [0.2, 0.25) is 0 Å². The molecular weight excluding hydrogens is 504 g/mol. The van der Waals surface area contributed by atoms with E-state index in [0.29, 0.717) is 45.8 Å². The molecule has 0 fully saturated rings. The number of nitrogens with zero attached hydrogens (tertiary/aromatic N) is 1. The smallest absolute Gasteiger partial charge is 0.339 e. The molecule has 0 saturated heterocycles. The fourth-order valence-corrected chi connectivity index (χ4v) is 4.44. The molecule has 0 radical (unpaired) electrons. The largest absolute Gasteiger partial charge is 0.495 e. The van der Waals surface area contributed by atoms with E-state index in [1.54, 1.807) is 24.3 Å². The van der Waals surface area contributed by atoms with E-state index >= 15 is 0 Å². The van der Waals surface area contributed by atoms with Crippen molar-refractivity contribution >= 4 is 28.5 Å². The topological polar surface area (TPSA) is 86.8 Å². The molecule has 0 aliphatic rings. The molecule has 0 saturated carbocycles. The molecule has 1 aromatic heterocycles. The second-order valence-corrected chi connectivity index (χ2v) is 9.10. The van der Waals surface area contributed by atoms with E-state index in [9.17, 15) is 9.59 Å². The number of benzene rings is 4. The average molecular weight is 533 g/mol. The van der Waals surface area contributed by atoms with Crippen molar-refractivity contribution in [2.24, 2.45) is 0 Å². The molecule has 0 bridgehead atoms. The number of ether oxygens (including phenoxy) is 3. The van der Waals surface area contributed by atoms with Crippen LogP contribution in [0.25, 0.3) is 22.2 Å². The van der Waals surface area contributed by atoms with Gasteiger partial charge in [-0.05, 0) is 60.5 Å². The zero-order chi connectivity index (χ0) is 27.9. The highest BCUT2D eigenvalue weighted by Gasteiger charge is 2.21. The van der Waals surface area contributed by atoms with E-state index in [1.165, 1.54) is 7.11 Å². The number of hydrogen-bond donors (Lipinski definition) is 1. The first-order valence-corrected chi connectivity index (χ1v) is 12.8. The molecule has 1 N–H and O–H groups in total. The quantitative estimate of drug-likeness (QED) is 0.216. The molecule has 0 aliphatic heterocycles. The van der Waals surface area contributed by atoms with Gasteiger partial charge in [-0.2, -0.15) is 0 Å². The number of rotatable bonds is 9. The summed E-state index contributed by atoms with van der Waals surface area (Å²) in [7, 11) is 1.52. The molecule has 40 heavy (non-hydrogen) atoms.